The van der Waals surface area contributed by atoms with Crippen molar-refractivity contribution in [2.75, 3.05) is 11.5 Å². The molecular formula is C17H16N7O5S2+. The first-order valence-corrected chi connectivity index (χ1v) is 10.8. The van der Waals surface area contributed by atoms with Gasteiger partial charge in [-0.2, -0.15) is 4.57 Å². The van der Waals surface area contributed by atoms with Crippen LogP contribution in [0.15, 0.2) is 46.6 Å². The van der Waals surface area contributed by atoms with Crippen molar-refractivity contribution < 1.29 is 29.3 Å². The van der Waals surface area contributed by atoms with Gasteiger partial charge in [-0.05, 0) is 0 Å². The summed E-state index contributed by atoms with van der Waals surface area (Å²) >= 11 is 2.40. The second-order valence-electron chi connectivity index (χ2n) is 6.56. The Kier molecular flexibility index (Phi) is 5.56. The summed E-state index contributed by atoms with van der Waals surface area (Å²) in [6.07, 6.45) is 6.56. The van der Waals surface area contributed by atoms with Gasteiger partial charge in [-0.1, -0.05) is 5.16 Å². The summed E-state index contributed by atoms with van der Waals surface area (Å²) < 4.78 is 1.76. The monoisotopic (exact) mass is 462 g/mol. The number of aromatic nitrogens is 3. The molecule has 2 aliphatic heterocycles. The van der Waals surface area contributed by atoms with E-state index in [0.29, 0.717) is 11.3 Å². The molecule has 12 nitrogen and oxygen atoms in total. The SMILES string of the molecule is Nc1nc(C(=NO)C(=O)NC2C(=O)N3C(C(=O)O)=C(C[n+]4ccncc4)CS[C@@H]23)cs1. The number of carbonyl (C=O) groups excluding carboxylic acids is 2. The zero-order valence-corrected chi connectivity index (χ0v) is 17.3. The third-order valence-electron chi connectivity index (χ3n) is 4.68. The minimum absolute atomic E-state index is 0.0743. The number of thiazole rings is 1. The molecule has 5 N–H and O–H groups in total. The van der Waals surface area contributed by atoms with Crippen LogP contribution in [0.4, 0.5) is 5.13 Å². The van der Waals surface area contributed by atoms with Gasteiger partial charge in [-0.25, -0.2) is 9.78 Å². The van der Waals surface area contributed by atoms with Crippen LogP contribution in [0, 0.1) is 0 Å². The lowest BCUT2D eigenvalue weighted by molar-refractivity contribution is -0.689. The lowest BCUT2D eigenvalue weighted by atomic mass is 10.0. The van der Waals surface area contributed by atoms with Crippen LogP contribution >= 0.6 is 23.1 Å². The van der Waals surface area contributed by atoms with Crippen LogP contribution in [0.1, 0.15) is 5.69 Å². The van der Waals surface area contributed by atoms with Crippen LogP contribution in [-0.4, -0.2) is 65.8 Å². The quantitative estimate of drug-likeness (QED) is 0.138. The van der Waals surface area contributed by atoms with Gasteiger partial charge in [-0.3, -0.25) is 19.5 Å². The van der Waals surface area contributed by atoms with E-state index >= 15 is 0 Å². The topological polar surface area (TPSA) is 175 Å². The number of hydrogen-bond donors (Lipinski definition) is 4. The number of nitrogens with two attached hydrogens (primary N) is 1. The molecule has 2 aromatic rings. The van der Waals surface area contributed by atoms with Crippen LogP contribution in [-0.2, 0) is 20.9 Å². The van der Waals surface area contributed by atoms with Crippen LogP contribution in [0.25, 0.3) is 0 Å². The molecule has 14 heteroatoms. The van der Waals surface area contributed by atoms with Gasteiger partial charge >= 0.3 is 5.97 Å². The number of carboxylic acids is 1. The normalized spacial score (nSPS) is 20.8. The summed E-state index contributed by atoms with van der Waals surface area (Å²) in [5.74, 6) is -2.23. The molecule has 4 rings (SSSR count). The van der Waals surface area contributed by atoms with Crippen molar-refractivity contribution >= 4 is 51.7 Å². The highest BCUT2D eigenvalue weighted by molar-refractivity contribution is 8.00. The number of carbonyl (C=O) groups is 3. The Bertz CT molecular complexity index is 1120. The highest BCUT2D eigenvalue weighted by Crippen LogP contribution is 2.40. The van der Waals surface area contributed by atoms with E-state index < -0.39 is 29.2 Å². The molecule has 0 bridgehead atoms. The number of fused-ring (bicyclic) bond motifs is 1. The second-order valence-corrected chi connectivity index (χ2v) is 8.55. The molecule has 4 heterocycles. The molecule has 1 unspecified atom stereocenters. The fourth-order valence-electron chi connectivity index (χ4n) is 3.30. The highest BCUT2D eigenvalue weighted by Gasteiger charge is 2.54. The Morgan fingerprint density at radius 1 is 1.39 bits per heavy atom. The summed E-state index contributed by atoms with van der Waals surface area (Å²) in [7, 11) is 0. The maximum absolute atomic E-state index is 12.7. The van der Waals surface area contributed by atoms with Gasteiger partial charge < -0.3 is 21.4 Å². The number of rotatable bonds is 6. The van der Waals surface area contributed by atoms with Crippen molar-refractivity contribution in [1.29, 1.82) is 0 Å². The van der Waals surface area contributed by atoms with E-state index in [0.717, 1.165) is 11.3 Å². The third-order valence-corrected chi connectivity index (χ3v) is 6.69. The molecule has 0 aliphatic carbocycles. The Labute approximate surface area is 183 Å². The number of nitrogen functional groups attached to an aromatic ring is 1. The van der Waals surface area contributed by atoms with Crippen molar-refractivity contribution in [2.24, 2.45) is 5.16 Å². The van der Waals surface area contributed by atoms with Crippen LogP contribution in [0.3, 0.4) is 0 Å². The van der Waals surface area contributed by atoms with E-state index in [1.165, 1.54) is 22.0 Å². The van der Waals surface area contributed by atoms with Crippen molar-refractivity contribution in [3.05, 3.63) is 47.1 Å². The first kappa shape index (κ1) is 20.7. The maximum atomic E-state index is 12.7. The summed E-state index contributed by atoms with van der Waals surface area (Å²) in [5, 5.41) is 25.5. The Hall–Kier alpha value is -3.52. The number of carboxylic acid groups (broad SMARTS) is 1. The zero-order valence-electron chi connectivity index (χ0n) is 15.7. The fourth-order valence-corrected chi connectivity index (χ4v) is 5.18. The average molecular weight is 462 g/mol. The third kappa shape index (κ3) is 3.82. The van der Waals surface area contributed by atoms with Gasteiger partial charge in [0.05, 0.1) is 12.4 Å². The Morgan fingerprint density at radius 3 is 2.74 bits per heavy atom. The first-order chi connectivity index (χ1) is 14.9. The van der Waals surface area contributed by atoms with Crippen LogP contribution in [0.5, 0.6) is 0 Å². The molecule has 31 heavy (non-hydrogen) atoms. The lowest BCUT2D eigenvalue weighted by Gasteiger charge is -2.49. The molecular weight excluding hydrogens is 446 g/mol. The van der Waals surface area contributed by atoms with Crippen molar-refractivity contribution in [3.8, 4) is 0 Å². The number of oxime groups is 1. The molecule has 1 fully saturated rings. The van der Waals surface area contributed by atoms with E-state index in [9.17, 15) is 24.7 Å². The number of nitrogens with one attached hydrogen (secondary N) is 1. The number of anilines is 1. The lowest BCUT2D eigenvalue weighted by Crippen LogP contribution is -2.71. The van der Waals surface area contributed by atoms with Gasteiger partial charge in [0.2, 0.25) is 0 Å². The number of thioether (sulfide) groups is 1. The molecule has 2 aliphatic rings. The summed E-state index contributed by atoms with van der Waals surface area (Å²) in [4.78, 5) is 46.2. The molecule has 2 atom stereocenters. The molecule has 0 spiro atoms. The van der Waals surface area contributed by atoms with Gasteiger partial charge in [0, 0.05) is 16.7 Å². The summed E-state index contributed by atoms with van der Waals surface area (Å²) in [6.45, 7) is 0.289. The minimum Gasteiger partial charge on any atom is -0.477 e. The first-order valence-electron chi connectivity index (χ1n) is 8.84. The molecule has 0 aromatic carbocycles. The number of hydrogen-bond acceptors (Lipinski definition) is 10. The molecule has 160 valence electrons. The molecule has 2 amide bonds. The molecule has 2 aromatic heterocycles. The molecule has 1 saturated heterocycles. The fraction of sp³-hybridized carbons (Fsp3) is 0.235. The Morgan fingerprint density at radius 2 is 2.13 bits per heavy atom. The van der Waals surface area contributed by atoms with E-state index in [1.807, 2.05) is 0 Å². The Balaban J connectivity index is 1.52. The number of β-lactam (4-membered cyclic amide) rings is 1. The van der Waals surface area contributed by atoms with E-state index in [2.05, 4.69) is 20.4 Å². The van der Waals surface area contributed by atoms with E-state index in [-0.39, 0.29) is 28.8 Å². The zero-order chi connectivity index (χ0) is 22.1. The summed E-state index contributed by atoms with van der Waals surface area (Å²) in [5.41, 5.74) is 5.71. The van der Waals surface area contributed by atoms with Gasteiger partial charge in [0.1, 0.15) is 22.8 Å². The molecule has 0 radical (unpaired) electrons. The number of nitrogens with zero attached hydrogens (tertiary/aromatic N) is 5. The second kappa shape index (κ2) is 8.31. The number of amides is 2. The van der Waals surface area contributed by atoms with E-state index in [1.54, 1.807) is 29.4 Å². The minimum atomic E-state index is -1.22. The predicted molar refractivity (Wildman–Crippen MR) is 109 cm³/mol. The molecule has 0 saturated carbocycles. The van der Waals surface area contributed by atoms with Crippen molar-refractivity contribution in [2.45, 2.75) is 18.0 Å². The van der Waals surface area contributed by atoms with Gasteiger partial charge in [0.15, 0.2) is 29.8 Å². The number of aliphatic carboxylic acids is 1. The summed E-state index contributed by atoms with van der Waals surface area (Å²) in [6, 6.07) is -0.963. The van der Waals surface area contributed by atoms with Crippen molar-refractivity contribution in [1.82, 2.24) is 20.2 Å². The largest absolute Gasteiger partial charge is 0.477 e. The van der Waals surface area contributed by atoms with E-state index in [4.69, 9.17) is 5.73 Å². The standard InChI is InChI=1S/C17H15N7O5S2/c18-17-20-9(7-31-17)10(22-29)13(25)21-11-14(26)24-12(16(27)28)8(6-30-15(11)24)5-23-3-1-19-2-4-23/h1-4,7,11,15H,5-6H2,(H4-,18,20,21,25,27,28,29)/p+1/t11?,15-/m0/s1. The van der Waals surface area contributed by atoms with Crippen molar-refractivity contribution in [3.63, 3.8) is 0 Å². The average Bonchev–Trinajstić information content (AvgIpc) is 3.18. The van der Waals surface area contributed by atoms with Gasteiger partial charge in [0.25, 0.3) is 11.8 Å². The predicted octanol–water partition coefficient (Wildman–Crippen LogP) is -0.975. The smallest absolute Gasteiger partial charge is 0.352 e. The maximum Gasteiger partial charge on any atom is 0.352 e. The highest BCUT2D eigenvalue weighted by atomic mass is 32.2. The van der Waals surface area contributed by atoms with Crippen LogP contribution in [0.2, 0.25) is 0 Å². The van der Waals surface area contributed by atoms with Crippen LogP contribution < -0.4 is 15.6 Å². The van der Waals surface area contributed by atoms with Gasteiger partial charge in [-0.15, -0.1) is 23.1 Å².